The van der Waals surface area contributed by atoms with Crippen LogP contribution in [0.15, 0.2) is 54.6 Å². The standard InChI is InChI=1S/C24H24N2O7/c1-31-17-9-7-16(8-10-17)13-32-23(29)21-19(27)12-11-18-20(22(28)26(18)21)25-24(30)33-14-15-5-3-2-4-6-15/h2-10,18,20-21H,11-14H2,1H3,(H,25,30). The second-order valence-corrected chi connectivity index (χ2v) is 7.86. The van der Waals surface area contributed by atoms with Gasteiger partial charge in [-0.15, -0.1) is 0 Å². The third-order valence-electron chi connectivity index (χ3n) is 5.78. The van der Waals surface area contributed by atoms with Crippen LogP contribution < -0.4 is 10.1 Å². The van der Waals surface area contributed by atoms with Crippen LogP contribution in [-0.2, 0) is 37.1 Å². The molecule has 1 N–H and O–H groups in total. The van der Waals surface area contributed by atoms with Crippen LogP contribution >= 0.6 is 0 Å². The maximum absolute atomic E-state index is 12.7. The summed E-state index contributed by atoms with van der Waals surface area (Å²) in [7, 11) is 1.55. The Morgan fingerprint density at radius 1 is 0.970 bits per heavy atom. The third-order valence-corrected chi connectivity index (χ3v) is 5.78. The minimum Gasteiger partial charge on any atom is -0.497 e. The molecule has 2 aliphatic rings. The zero-order chi connectivity index (χ0) is 23.4. The first-order valence-electron chi connectivity index (χ1n) is 10.6. The van der Waals surface area contributed by atoms with Crippen molar-refractivity contribution in [1.82, 2.24) is 10.2 Å². The van der Waals surface area contributed by atoms with Gasteiger partial charge in [0, 0.05) is 6.42 Å². The van der Waals surface area contributed by atoms with E-state index in [1.807, 2.05) is 30.3 Å². The first kappa shape index (κ1) is 22.3. The van der Waals surface area contributed by atoms with E-state index >= 15 is 0 Å². The summed E-state index contributed by atoms with van der Waals surface area (Å²) in [4.78, 5) is 51.1. The highest BCUT2D eigenvalue weighted by atomic mass is 16.5. The predicted octanol–water partition coefficient (Wildman–Crippen LogP) is 1.98. The molecule has 172 valence electrons. The number of amides is 2. The van der Waals surface area contributed by atoms with E-state index in [0.29, 0.717) is 12.2 Å². The maximum Gasteiger partial charge on any atom is 0.408 e. The summed E-state index contributed by atoms with van der Waals surface area (Å²) in [6.07, 6.45) is -0.253. The van der Waals surface area contributed by atoms with Gasteiger partial charge in [-0.05, 0) is 29.7 Å². The fourth-order valence-electron chi connectivity index (χ4n) is 4.02. The van der Waals surface area contributed by atoms with Gasteiger partial charge >= 0.3 is 12.1 Å². The molecule has 2 fully saturated rings. The number of fused-ring (bicyclic) bond motifs is 1. The fraction of sp³-hybridized carbons (Fsp3) is 0.333. The van der Waals surface area contributed by atoms with Crippen LogP contribution in [0.4, 0.5) is 4.79 Å². The van der Waals surface area contributed by atoms with Crippen LogP contribution in [0.1, 0.15) is 24.0 Å². The maximum atomic E-state index is 12.7. The van der Waals surface area contributed by atoms with Crippen molar-refractivity contribution in [1.29, 1.82) is 0 Å². The van der Waals surface area contributed by atoms with Gasteiger partial charge in [0.15, 0.2) is 11.8 Å². The zero-order valence-electron chi connectivity index (χ0n) is 18.1. The van der Waals surface area contributed by atoms with Crippen molar-refractivity contribution in [2.75, 3.05) is 7.11 Å². The molecule has 3 atom stereocenters. The Labute approximate surface area is 190 Å². The van der Waals surface area contributed by atoms with Crippen LogP contribution in [0.5, 0.6) is 5.75 Å². The molecular formula is C24H24N2O7. The Bertz CT molecular complexity index is 1040. The summed E-state index contributed by atoms with van der Waals surface area (Å²) in [6.45, 7) is 0.0353. The van der Waals surface area contributed by atoms with Crippen molar-refractivity contribution < 1.29 is 33.4 Å². The minimum atomic E-state index is -1.30. The fourth-order valence-corrected chi connectivity index (χ4v) is 4.02. The van der Waals surface area contributed by atoms with Crippen molar-refractivity contribution in [2.24, 2.45) is 0 Å². The lowest BCUT2D eigenvalue weighted by molar-refractivity contribution is -0.176. The summed E-state index contributed by atoms with van der Waals surface area (Å²) in [5.74, 6) is -0.984. The molecule has 4 rings (SSSR count). The molecule has 2 aromatic carbocycles. The SMILES string of the molecule is COc1ccc(COC(=O)C2C(=O)CCC3C(NC(=O)OCc4ccccc4)C(=O)N23)cc1. The number of nitrogens with zero attached hydrogens (tertiary/aromatic N) is 1. The normalized spacial score (nSPS) is 21.5. The second kappa shape index (κ2) is 9.72. The van der Waals surface area contributed by atoms with Crippen LogP contribution in [0, 0.1) is 0 Å². The molecule has 2 heterocycles. The molecule has 0 radical (unpaired) electrons. The number of methoxy groups -OCH3 is 1. The Hall–Kier alpha value is -3.88. The molecule has 3 unspecified atom stereocenters. The molecule has 2 amide bonds. The summed E-state index contributed by atoms with van der Waals surface area (Å²) in [6, 6.07) is 13.5. The highest BCUT2D eigenvalue weighted by Crippen LogP contribution is 2.33. The molecule has 2 aliphatic heterocycles. The van der Waals surface area contributed by atoms with E-state index < -0.39 is 36.1 Å². The van der Waals surface area contributed by atoms with Gasteiger partial charge < -0.3 is 24.4 Å². The zero-order valence-corrected chi connectivity index (χ0v) is 18.1. The Morgan fingerprint density at radius 2 is 1.64 bits per heavy atom. The molecule has 2 saturated heterocycles. The lowest BCUT2D eigenvalue weighted by atomic mass is 9.82. The topological polar surface area (TPSA) is 111 Å². The first-order valence-corrected chi connectivity index (χ1v) is 10.6. The van der Waals surface area contributed by atoms with E-state index in [1.165, 1.54) is 4.90 Å². The summed E-state index contributed by atoms with van der Waals surface area (Å²) in [5.41, 5.74) is 1.54. The number of esters is 1. The average molecular weight is 452 g/mol. The quantitative estimate of drug-likeness (QED) is 0.388. The number of rotatable bonds is 7. The molecule has 0 aromatic heterocycles. The number of β-lactam (4-membered cyclic amide) rings is 1. The molecule has 9 heteroatoms. The van der Waals surface area contributed by atoms with E-state index in [0.717, 1.165) is 11.1 Å². The van der Waals surface area contributed by atoms with E-state index in [-0.39, 0.29) is 25.4 Å². The molecule has 2 aromatic rings. The number of hydrogen-bond acceptors (Lipinski definition) is 7. The second-order valence-electron chi connectivity index (χ2n) is 7.86. The van der Waals surface area contributed by atoms with Crippen LogP contribution in [0.2, 0.25) is 0 Å². The molecule has 0 spiro atoms. The summed E-state index contributed by atoms with van der Waals surface area (Å²) < 4.78 is 15.6. The number of nitrogens with one attached hydrogen (secondary N) is 1. The third kappa shape index (κ3) is 4.82. The van der Waals surface area contributed by atoms with Gasteiger partial charge in [-0.2, -0.15) is 0 Å². The van der Waals surface area contributed by atoms with E-state index in [9.17, 15) is 19.2 Å². The number of carbonyl (C=O) groups is 4. The molecule has 0 saturated carbocycles. The van der Waals surface area contributed by atoms with Crippen molar-refractivity contribution in [3.63, 3.8) is 0 Å². The number of carbonyl (C=O) groups excluding carboxylic acids is 4. The van der Waals surface area contributed by atoms with Crippen molar-refractivity contribution >= 4 is 23.8 Å². The minimum absolute atomic E-state index is 0.0349. The van der Waals surface area contributed by atoms with E-state index in [4.69, 9.17) is 14.2 Å². The highest BCUT2D eigenvalue weighted by molar-refractivity contribution is 6.09. The number of benzene rings is 2. The van der Waals surface area contributed by atoms with Gasteiger partial charge in [-0.1, -0.05) is 42.5 Å². The van der Waals surface area contributed by atoms with Gasteiger partial charge in [0.1, 0.15) is 25.0 Å². The Balaban J connectivity index is 1.32. The van der Waals surface area contributed by atoms with Gasteiger partial charge in [-0.3, -0.25) is 9.59 Å². The van der Waals surface area contributed by atoms with Crippen LogP contribution in [0.3, 0.4) is 0 Å². The first-order chi connectivity index (χ1) is 16.0. The van der Waals surface area contributed by atoms with Crippen LogP contribution in [0.25, 0.3) is 0 Å². The number of piperidine rings is 1. The number of alkyl carbamates (subject to hydrolysis) is 1. The number of ketones is 1. The average Bonchev–Trinajstić information content (AvgIpc) is 2.85. The number of Topliss-reactive ketones (excluding diaryl/α,β-unsaturated/α-hetero) is 1. The molecule has 0 bridgehead atoms. The van der Waals surface area contributed by atoms with Gasteiger partial charge in [0.05, 0.1) is 13.2 Å². The summed E-state index contributed by atoms with van der Waals surface area (Å²) >= 11 is 0. The lowest BCUT2D eigenvalue weighted by Gasteiger charge is -2.51. The van der Waals surface area contributed by atoms with Crippen LogP contribution in [-0.4, -0.2) is 53.9 Å². The predicted molar refractivity (Wildman–Crippen MR) is 115 cm³/mol. The van der Waals surface area contributed by atoms with Crippen molar-refractivity contribution in [3.05, 3.63) is 65.7 Å². The molecular weight excluding hydrogens is 428 g/mol. The van der Waals surface area contributed by atoms with Crippen molar-refractivity contribution in [3.8, 4) is 5.75 Å². The lowest BCUT2D eigenvalue weighted by Crippen LogP contribution is -2.77. The largest absolute Gasteiger partial charge is 0.497 e. The number of ether oxygens (including phenoxy) is 3. The molecule has 9 nitrogen and oxygen atoms in total. The Morgan fingerprint density at radius 3 is 2.33 bits per heavy atom. The van der Waals surface area contributed by atoms with Gasteiger partial charge in [0.2, 0.25) is 5.91 Å². The molecule has 33 heavy (non-hydrogen) atoms. The van der Waals surface area contributed by atoms with E-state index in [1.54, 1.807) is 31.4 Å². The van der Waals surface area contributed by atoms with Crippen molar-refractivity contribution in [2.45, 2.75) is 44.2 Å². The molecule has 0 aliphatic carbocycles. The monoisotopic (exact) mass is 452 g/mol. The van der Waals surface area contributed by atoms with Gasteiger partial charge in [-0.25, -0.2) is 9.59 Å². The number of hydrogen-bond donors (Lipinski definition) is 1. The van der Waals surface area contributed by atoms with E-state index in [2.05, 4.69) is 5.32 Å². The highest BCUT2D eigenvalue weighted by Gasteiger charge is 2.57. The Kier molecular flexibility index (Phi) is 6.58. The summed E-state index contributed by atoms with van der Waals surface area (Å²) in [5, 5.41) is 2.55. The smallest absolute Gasteiger partial charge is 0.408 e. The van der Waals surface area contributed by atoms with Gasteiger partial charge in [0.25, 0.3) is 0 Å².